The summed E-state index contributed by atoms with van der Waals surface area (Å²) < 4.78 is 33.1. The maximum absolute atomic E-state index is 8.69. The first kappa shape index (κ1) is 9.80. The van der Waals surface area contributed by atoms with Gasteiger partial charge in [0.15, 0.2) is 0 Å². The fourth-order valence-corrected chi connectivity index (χ4v) is 0. The van der Waals surface area contributed by atoms with Gasteiger partial charge >= 0.3 is 28.7 Å². The molecule has 0 aromatic heterocycles. The van der Waals surface area contributed by atoms with Crippen LogP contribution in [0.25, 0.3) is 0 Å². The van der Waals surface area contributed by atoms with Gasteiger partial charge in [0.05, 0.1) is 0 Å². The maximum atomic E-state index is 8.69. The van der Waals surface area contributed by atoms with E-state index in [4.69, 9.17) is 15.7 Å². The molecular weight excluding hydrogens is 212 g/mol. The third-order valence-corrected chi connectivity index (χ3v) is 0. The summed E-state index contributed by atoms with van der Waals surface area (Å²) in [7, 11) is 0. The van der Waals surface area contributed by atoms with Crippen LogP contribution in [0, 0.1) is 0 Å². The molecule has 0 aliphatic heterocycles. The fraction of sp³-hybridized carbons (Fsp3) is 0. The van der Waals surface area contributed by atoms with E-state index in [9.17, 15) is 0 Å². The van der Waals surface area contributed by atoms with E-state index in [1.165, 1.54) is 0 Å². The van der Waals surface area contributed by atoms with Crippen molar-refractivity contribution < 1.29 is 51.0 Å². The normalized spacial score (nSPS) is 9.50. The van der Waals surface area contributed by atoms with Gasteiger partial charge in [-0.15, -0.1) is 0 Å². The van der Waals surface area contributed by atoms with Gasteiger partial charge in [-0.3, -0.25) is 0 Å². The first-order chi connectivity index (χ1) is 2.00. The van der Waals surface area contributed by atoms with E-state index in [0.717, 1.165) is 0 Å². The second kappa shape index (κ2) is 2.74. The number of hydrogen-bond donors (Lipinski definition) is 1. The molecule has 1 N–H and O–H groups in total. The molecule has 0 aromatic carbocycles. The second-order valence-electron chi connectivity index (χ2n) is 0.396. The molecule has 0 fully saturated rings. The minimum absolute atomic E-state index is 0. The molecule has 0 atom stereocenters. The standard InChI is InChI=1S/Mn.Nb.H2O.3O/h;;1H2;;;/q+1;;;;;/p-1. The van der Waals surface area contributed by atoms with Crippen LogP contribution >= 0.6 is 0 Å². The molecule has 0 bridgehead atoms. The summed E-state index contributed by atoms with van der Waals surface area (Å²) in [5.74, 6) is 0. The van der Waals surface area contributed by atoms with Crippen molar-refractivity contribution in [1.29, 1.82) is 0 Å². The van der Waals surface area contributed by atoms with Crippen LogP contribution in [-0.2, 0) is 46.9 Å². The third kappa shape index (κ3) is 158. The molecule has 0 aromatic rings. The molecule has 0 rings (SSSR count). The average molecular weight is 213 g/mol. The summed E-state index contributed by atoms with van der Waals surface area (Å²) in [6.45, 7) is 0. The number of rotatable bonds is 0. The van der Waals surface area contributed by atoms with Crippen LogP contribution in [0.5, 0.6) is 0 Å². The Balaban J connectivity index is 0. The van der Waals surface area contributed by atoms with Crippen LogP contribution in [0.4, 0.5) is 0 Å². The molecule has 37 valence electrons. The molecule has 4 nitrogen and oxygen atoms in total. The predicted octanol–water partition coefficient (Wildman–Crippen LogP) is -0.918. The third-order valence-electron chi connectivity index (χ3n) is 0. The summed E-state index contributed by atoms with van der Waals surface area (Å²) in [4.78, 5) is 0. The van der Waals surface area contributed by atoms with Crippen molar-refractivity contribution in [3.8, 4) is 0 Å². The van der Waals surface area contributed by atoms with E-state index in [1.54, 1.807) is 0 Å². The molecule has 0 unspecified atom stereocenters. The van der Waals surface area contributed by atoms with E-state index >= 15 is 0 Å². The monoisotopic (exact) mass is 213 g/mol. The van der Waals surface area contributed by atoms with Gasteiger partial charge in [0.1, 0.15) is 0 Å². The van der Waals surface area contributed by atoms with Gasteiger partial charge in [0.2, 0.25) is 0 Å². The Hall–Kier alpha value is 0.620. The van der Waals surface area contributed by atoms with Crippen molar-refractivity contribution in [1.82, 2.24) is 0 Å². The Bertz CT molecular complexity index is 129. The van der Waals surface area contributed by atoms with Gasteiger partial charge < -0.3 is 0 Å². The molecule has 1 radical (unpaired) electrons. The molecule has 0 aliphatic rings. The molecule has 0 aliphatic carbocycles. The Labute approximate surface area is 51.2 Å². The fourth-order valence-electron chi connectivity index (χ4n) is 0. The topological polar surface area (TPSA) is 71.4 Å². The van der Waals surface area contributed by atoms with E-state index in [0.29, 0.717) is 0 Å². The summed E-state index contributed by atoms with van der Waals surface area (Å²) in [6.07, 6.45) is 0. The van der Waals surface area contributed by atoms with Crippen molar-refractivity contribution in [3.05, 3.63) is 0 Å². The molecule has 0 spiro atoms. The molecule has 0 amide bonds. The average Bonchev–Trinajstić information content (AvgIpc) is 0.722. The van der Waals surface area contributed by atoms with Gasteiger partial charge in [-0.1, -0.05) is 0 Å². The van der Waals surface area contributed by atoms with Crippen LogP contribution < -0.4 is 0 Å². The Morgan fingerprint density at radius 3 is 1.17 bits per heavy atom. The van der Waals surface area contributed by atoms with Gasteiger partial charge in [-0.05, 0) is 0 Å². The van der Waals surface area contributed by atoms with Crippen LogP contribution in [0.15, 0.2) is 0 Å². The molecule has 6 heavy (non-hydrogen) atoms. The zero-order chi connectivity index (χ0) is 4.50. The second-order valence-corrected chi connectivity index (χ2v) is 1.63. The van der Waals surface area contributed by atoms with E-state index < -0.39 is 13.0 Å². The molecule has 6 heteroatoms. The minimum atomic E-state index is -5.38. The van der Waals surface area contributed by atoms with Crippen LogP contribution in [-0.4, -0.2) is 4.19 Å². The van der Waals surface area contributed by atoms with Crippen molar-refractivity contribution >= 4 is 0 Å². The van der Waals surface area contributed by atoms with Crippen LogP contribution in [0.3, 0.4) is 0 Å². The van der Waals surface area contributed by atoms with E-state index in [1.807, 2.05) is 0 Å². The van der Waals surface area contributed by atoms with Crippen molar-refractivity contribution in [3.63, 3.8) is 0 Å². The summed E-state index contributed by atoms with van der Waals surface area (Å²) in [5, 5.41) is 0. The van der Waals surface area contributed by atoms with Gasteiger partial charge in [-0.25, -0.2) is 0 Å². The molecular formula is HMnNbO4. The Morgan fingerprint density at radius 1 is 1.17 bits per heavy atom. The summed E-state index contributed by atoms with van der Waals surface area (Å²) in [6, 6.07) is 0. The summed E-state index contributed by atoms with van der Waals surface area (Å²) >= 11 is -5.38. The first-order valence-corrected chi connectivity index (χ1v) is 2.61. The van der Waals surface area contributed by atoms with Crippen molar-refractivity contribution in [2.45, 2.75) is 0 Å². The van der Waals surface area contributed by atoms with Gasteiger partial charge in [0.25, 0.3) is 0 Å². The zero-order valence-electron chi connectivity index (χ0n) is 2.50. The Kier molecular flexibility index (Phi) is 4.47. The van der Waals surface area contributed by atoms with Gasteiger partial charge in [-0.2, -0.15) is 0 Å². The van der Waals surface area contributed by atoms with Crippen LogP contribution in [0.1, 0.15) is 0 Å². The molecule has 0 heterocycles. The van der Waals surface area contributed by atoms with Crippen molar-refractivity contribution in [2.24, 2.45) is 0 Å². The number of hydrogen-bond acceptors (Lipinski definition) is 3. The SMILES string of the molecule is [Nb].[O]=[Mn](=[O])(=[O])[OH]. The summed E-state index contributed by atoms with van der Waals surface area (Å²) in [5.41, 5.74) is 0. The quantitative estimate of drug-likeness (QED) is 0.528. The Morgan fingerprint density at radius 2 is 1.17 bits per heavy atom. The van der Waals surface area contributed by atoms with E-state index in [-0.39, 0.29) is 22.4 Å². The van der Waals surface area contributed by atoms with E-state index in [2.05, 4.69) is 0 Å². The van der Waals surface area contributed by atoms with Gasteiger partial charge in [0, 0.05) is 22.4 Å². The molecule has 0 saturated heterocycles. The first-order valence-electron chi connectivity index (χ1n) is 0.632. The zero-order valence-corrected chi connectivity index (χ0v) is 5.88. The van der Waals surface area contributed by atoms with Crippen molar-refractivity contribution in [2.75, 3.05) is 0 Å². The predicted molar refractivity (Wildman–Crippen MR) is 4.28 cm³/mol. The molecule has 0 saturated carbocycles. The van der Waals surface area contributed by atoms with Crippen LogP contribution in [0.2, 0.25) is 0 Å².